The van der Waals surface area contributed by atoms with Gasteiger partial charge >= 0.3 is 136 Å². The number of hydrogen-bond donors (Lipinski definition) is 1. The number of para-hydroxylation sites is 1. The average molecular weight is 359 g/mol. The molecule has 0 aliphatic rings. The molecule has 0 saturated carbocycles. The van der Waals surface area contributed by atoms with Crippen LogP contribution in [0.2, 0.25) is 0 Å². The molecule has 0 bridgehead atoms. The number of ketones is 1. The van der Waals surface area contributed by atoms with Crippen LogP contribution >= 0.6 is 0 Å². The first-order valence-corrected chi connectivity index (χ1v) is 7.50. The van der Waals surface area contributed by atoms with Crippen LogP contribution in [0.25, 0.3) is 0 Å². The number of carbonyl (C=O) groups excluding carboxylic acids is 1. The van der Waals surface area contributed by atoms with Gasteiger partial charge in [-0.15, -0.1) is 0 Å². The number of hydrogen-bond acceptors (Lipinski definition) is 3. The number of carbonyl (C=O) groups is 2. The quantitative estimate of drug-likeness (QED) is 0.659. The summed E-state index contributed by atoms with van der Waals surface area (Å²) in [6.07, 6.45) is 0.317. The zero-order valence-electron chi connectivity index (χ0n) is 11.9. The van der Waals surface area contributed by atoms with Crippen LogP contribution in [0.3, 0.4) is 0 Å². The number of aliphatic imine (C=N–C) groups is 1. The third-order valence-corrected chi connectivity index (χ3v) is 3.70. The molecule has 2 rings (SSSR count). The van der Waals surface area contributed by atoms with Crippen molar-refractivity contribution >= 4 is 38.1 Å². The van der Waals surface area contributed by atoms with E-state index in [0.29, 0.717) is 16.7 Å². The fourth-order valence-corrected chi connectivity index (χ4v) is 2.70. The minimum atomic E-state index is -1.02. The summed E-state index contributed by atoms with van der Waals surface area (Å²) in [7, 11) is 0. The predicted molar refractivity (Wildman–Crippen MR) is 86.2 cm³/mol. The molecule has 0 amide bonds. The molecule has 0 atom stereocenters. The average Bonchev–Trinajstić information content (AvgIpc) is 2.47. The molecule has 0 heterocycles. The molecule has 111 valence electrons. The standard InChI is InChI=1S/C17H14NO3Se/c1-11(19)10-12-6-2-3-7-13(12)16(22)18-15-9-5-4-8-14(15)17(20)21/h2-9H,10H2,1H3,(H,20,21). The van der Waals surface area contributed by atoms with Crippen LogP contribution in [-0.2, 0) is 11.2 Å². The van der Waals surface area contributed by atoms with Crippen LogP contribution < -0.4 is 0 Å². The number of Topliss-reactive ketones (excluding diaryl/α,β-unsaturated/α-hetero) is 1. The van der Waals surface area contributed by atoms with Crippen molar-refractivity contribution in [1.29, 1.82) is 0 Å². The van der Waals surface area contributed by atoms with Crippen molar-refractivity contribution in [3.05, 3.63) is 65.2 Å². The van der Waals surface area contributed by atoms with E-state index in [1.807, 2.05) is 24.3 Å². The number of nitrogens with zero attached hydrogens (tertiary/aromatic N) is 1. The molecule has 22 heavy (non-hydrogen) atoms. The van der Waals surface area contributed by atoms with Crippen molar-refractivity contribution in [2.24, 2.45) is 4.99 Å². The van der Waals surface area contributed by atoms with Crippen LogP contribution in [-0.4, -0.2) is 37.5 Å². The Balaban J connectivity index is 2.46. The van der Waals surface area contributed by atoms with E-state index >= 15 is 0 Å². The molecule has 2 aromatic rings. The Morgan fingerprint density at radius 1 is 1.05 bits per heavy atom. The Labute approximate surface area is 136 Å². The first-order valence-electron chi connectivity index (χ1n) is 6.65. The van der Waals surface area contributed by atoms with E-state index in [4.69, 9.17) is 0 Å². The van der Waals surface area contributed by atoms with Crippen LogP contribution in [0.15, 0.2) is 53.5 Å². The second-order valence-corrected chi connectivity index (χ2v) is 5.59. The summed E-state index contributed by atoms with van der Waals surface area (Å²) in [4.78, 5) is 27.0. The van der Waals surface area contributed by atoms with Gasteiger partial charge in [0.05, 0.1) is 0 Å². The molecular weight excluding hydrogens is 345 g/mol. The predicted octanol–water partition coefficient (Wildman–Crippen LogP) is 2.76. The van der Waals surface area contributed by atoms with Gasteiger partial charge in [-0.25, -0.2) is 0 Å². The summed E-state index contributed by atoms with van der Waals surface area (Å²) in [6, 6.07) is 14.0. The summed E-state index contributed by atoms with van der Waals surface area (Å²) in [6.45, 7) is 1.53. The third kappa shape index (κ3) is 3.91. The molecule has 0 spiro atoms. The van der Waals surface area contributed by atoms with Gasteiger partial charge in [-0.1, -0.05) is 0 Å². The Bertz CT molecular complexity index is 753. The fraction of sp³-hybridized carbons (Fsp3) is 0.118. The van der Waals surface area contributed by atoms with Crippen LogP contribution in [0, 0.1) is 0 Å². The number of aromatic carboxylic acids is 1. The molecular formula is C17H14NO3Se. The summed E-state index contributed by atoms with van der Waals surface area (Å²) < 4.78 is 0.561. The maximum absolute atomic E-state index is 11.4. The third-order valence-electron chi connectivity index (χ3n) is 3.04. The monoisotopic (exact) mass is 360 g/mol. The molecule has 1 radical (unpaired) electrons. The zero-order valence-corrected chi connectivity index (χ0v) is 13.7. The molecule has 2 aromatic carbocycles. The van der Waals surface area contributed by atoms with E-state index in [1.54, 1.807) is 18.2 Å². The van der Waals surface area contributed by atoms with Gasteiger partial charge in [0.25, 0.3) is 0 Å². The van der Waals surface area contributed by atoms with E-state index < -0.39 is 5.97 Å². The van der Waals surface area contributed by atoms with Crippen molar-refractivity contribution in [2.45, 2.75) is 13.3 Å². The molecule has 0 aromatic heterocycles. The van der Waals surface area contributed by atoms with Crippen LogP contribution in [0.4, 0.5) is 5.69 Å². The summed E-state index contributed by atoms with van der Waals surface area (Å²) in [5.74, 6) is -0.963. The normalized spacial score (nSPS) is 11.2. The van der Waals surface area contributed by atoms with Crippen molar-refractivity contribution in [3.63, 3.8) is 0 Å². The molecule has 5 heteroatoms. The van der Waals surface area contributed by atoms with Gasteiger partial charge < -0.3 is 0 Å². The van der Waals surface area contributed by atoms with Gasteiger partial charge in [0, 0.05) is 0 Å². The van der Waals surface area contributed by atoms with Gasteiger partial charge in [0.15, 0.2) is 0 Å². The van der Waals surface area contributed by atoms with Gasteiger partial charge in [-0.3, -0.25) is 0 Å². The molecule has 0 aliphatic carbocycles. The van der Waals surface area contributed by atoms with Crippen molar-refractivity contribution in [2.75, 3.05) is 0 Å². The molecule has 0 unspecified atom stereocenters. The summed E-state index contributed by atoms with van der Waals surface area (Å²) in [5, 5.41) is 9.20. The Morgan fingerprint density at radius 3 is 2.27 bits per heavy atom. The zero-order chi connectivity index (χ0) is 16.1. The number of carboxylic acid groups (broad SMARTS) is 1. The van der Waals surface area contributed by atoms with Crippen LogP contribution in [0.5, 0.6) is 0 Å². The van der Waals surface area contributed by atoms with E-state index in [2.05, 4.69) is 21.0 Å². The Kier molecular flexibility index (Phi) is 5.25. The molecule has 0 fully saturated rings. The first-order chi connectivity index (χ1) is 10.5. The Hall–Kier alpha value is -2.23. The first kappa shape index (κ1) is 16.1. The minimum absolute atomic E-state index is 0.0613. The van der Waals surface area contributed by atoms with Crippen molar-refractivity contribution in [1.82, 2.24) is 0 Å². The van der Waals surface area contributed by atoms with E-state index in [0.717, 1.165) is 11.1 Å². The molecule has 4 nitrogen and oxygen atoms in total. The summed E-state index contributed by atoms with van der Waals surface area (Å²) in [5.41, 5.74) is 2.18. The number of rotatable bonds is 5. The molecule has 0 aliphatic heterocycles. The van der Waals surface area contributed by atoms with Crippen LogP contribution in [0.1, 0.15) is 28.4 Å². The number of benzene rings is 2. The van der Waals surface area contributed by atoms with Gasteiger partial charge in [0.1, 0.15) is 0 Å². The van der Waals surface area contributed by atoms with Gasteiger partial charge in [-0.05, 0) is 0 Å². The fourth-order valence-electron chi connectivity index (χ4n) is 2.07. The van der Waals surface area contributed by atoms with E-state index in [-0.39, 0.29) is 11.3 Å². The van der Waals surface area contributed by atoms with Gasteiger partial charge in [-0.2, -0.15) is 0 Å². The van der Waals surface area contributed by atoms with Crippen molar-refractivity contribution in [3.8, 4) is 0 Å². The van der Waals surface area contributed by atoms with E-state index in [9.17, 15) is 14.7 Å². The SMILES string of the molecule is CC(=O)Cc1ccccc1C([Se])=Nc1ccccc1C(=O)O. The van der Waals surface area contributed by atoms with Crippen molar-refractivity contribution < 1.29 is 14.7 Å². The Morgan fingerprint density at radius 2 is 1.64 bits per heavy atom. The molecule has 0 saturated heterocycles. The molecule has 1 N–H and O–H groups in total. The van der Waals surface area contributed by atoms with E-state index in [1.165, 1.54) is 13.0 Å². The second kappa shape index (κ2) is 7.16. The second-order valence-electron chi connectivity index (χ2n) is 4.78. The topological polar surface area (TPSA) is 66.7 Å². The summed E-state index contributed by atoms with van der Waals surface area (Å²) >= 11 is 2.87. The maximum atomic E-state index is 11.4. The number of carboxylic acids is 1. The van der Waals surface area contributed by atoms with Gasteiger partial charge in [0.2, 0.25) is 0 Å².